The Hall–Kier alpha value is -1.35. The lowest BCUT2D eigenvalue weighted by molar-refractivity contribution is -0.131. The molecule has 1 saturated heterocycles. The summed E-state index contributed by atoms with van der Waals surface area (Å²) in [5.41, 5.74) is 1.06. The van der Waals surface area contributed by atoms with Gasteiger partial charge >= 0.3 is 0 Å². The molecule has 0 radical (unpaired) electrons. The van der Waals surface area contributed by atoms with E-state index in [1.54, 1.807) is 7.11 Å². The van der Waals surface area contributed by atoms with E-state index in [0.717, 1.165) is 25.4 Å². The normalized spacial score (nSPS) is 19.8. The number of benzene rings is 1. The standard InChI is InChI=1S/C15H21NO2/c1-15(2)11-16(9-8-14(15)17)10-12-4-6-13(18-3)7-5-12/h4-7H,8-11H2,1-3H3. The minimum atomic E-state index is -0.204. The average molecular weight is 247 g/mol. The van der Waals surface area contributed by atoms with E-state index in [9.17, 15) is 4.79 Å². The molecule has 0 spiro atoms. The van der Waals surface area contributed by atoms with Gasteiger partial charge in [-0.3, -0.25) is 9.69 Å². The molecule has 0 atom stereocenters. The molecule has 0 unspecified atom stereocenters. The second-order valence-corrected chi connectivity index (χ2v) is 5.62. The van der Waals surface area contributed by atoms with Crippen molar-refractivity contribution in [1.29, 1.82) is 0 Å². The third-order valence-electron chi connectivity index (χ3n) is 3.59. The van der Waals surface area contributed by atoms with Gasteiger partial charge in [0.05, 0.1) is 7.11 Å². The highest BCUT2D eigenvalue weighted by atomic mass is 16.5. The lowest BCUT2D eigenvalue weighted by atomic mass is 9.82. The maximum atomic E-state index is 11.8. The van der Waals surface area contributed by atoms with Crippen molar-refractivity contribution in [2.24, 2.45) is 5.41 Å². The molecule has 0 saturated carbocycles. The first-order valence-electron chi connectivity index (χ1n) is 6.40. The first-order valence-corrected chi connectivity index (χ1v) is 6.40. The van der Waals surface area contributed by atoms with Crippen LogP contribution in [0.3, 0.4) is 0 Å². The molecular formula is C15H21NO2. The fourth-order valence-electron chi connectivity index (χ4n) is 2.45. The van der Waals surface area contributed by atoms with Crippen LogP contribution in [0.1, 0.15) is 25.8 Å². The molecule has 1 aromatic carbocycles. The van der Waals surface area contributed by atoms with Crippen molar-refractivity contribution in [2.45, 2.75) is 26.8 Å². The highest BCUT2D eigenvalue weighted by Gasteiger charge is 2.33. The Morgan fingerprint density at radius 1 is 1.28 bits per heavy atom. The van der Waals surface area contributed by atoms with Crippen LogP contribution in [0.5, 0.6) is 5.75 Å². The van der Waals surface area contributed by atoms with Crippen LogP contribution < -0.4 is 4.74 Å². The molecule has 1 aromatic rings. The second kappa shape index (κ2) is 5.11. The first-order chi connectivity index (χ1) is 8.51. The monoisotopic (exact) mass is 247 g/mol. The number of piperidine rings is 1. The largest absolute Gasteiger partial charge is 0.497 e. The maximum Gasteiger partial charge on any atom is 0.141 e. The smallest absolute Gasteiger partial charge is 0.141 e. The average Bonchev–Trinajstić information content (AvgIpc) is 2.34. The zero-order valence-corrected chi connectivity index (χ0v) is 11.4. The van der Waals surface area contributed by atoms with Crippen LogP contribution >= 0.6 is 0 Å². The summed E-state index contributed by atoms with van der Waals surface area (Å²) in [6.45, 7) is 6.69. The number of carbonyl (C=O) groups is 1. The van der Waals surface area contributed by atoms with Crippen molar-refractivity contribution in [3.05, 3.63) is 29.8 Å². The summed E-state index contributed by atoms with van der Waals surface area (Å²) in [6, 6.07) is 8.13. The molecule has 3 heteroatoms. The quantitative estimate of drug-likeness (QED) is 0.822. The fraction of sp³-hybridized carbons (Fsp3) is 0.533. The lowest BCUT2D eigenvalue weighted by Gasteiger charge is -2.36. The number of likely N-dealkylation sites (tertiary alicyclic amines) is 1. The maximum absolute atomic E-state index is 11.8. The molecule has 0 amide bonds. The predicted molar refractivity (Wildman–Crippen MR) is 71.7 cm³/mol. The molecule has 1 aliphatic heterocycles. The van der Waals surface area contributed by atoms with Crippen LogP contribution in [0.25, 0.3) is 0 Å². The van der Waals surface area contributed by atoms with Crippen LogP contribution in [0.2, 0.25) is 0 Å². The van der Waals surface area contributed by atoms with Crippen molar-refractivity contribution in [3.63, 3.8) is 0 Å². The van der Waals surface area contributed by atoms with E-state index in [-0.39, 0.29) is 5.41 Å². The van der Waals surface area contributed by atoms with Crippen LogP contribution in [-0.2, 0) is 11.3 Å². The topological polar surface area (TPSA) is 29.5 Å². The van der Waals surface area contributed by atoms with E-state index in [4.69, 9.17) is 4.74 Å². The Morgan fingerprint density at radius 3 is 2.50 bits per heavy atom. The third kappa shape index (κ3) is 2.91. The van der Waals surface area contributed by atoms with E-state index in [1.165, 1.54) is 5.56 Å². The fourth-order valence-corrected chi connectivity index (χ4v) is 2.45. The van der Waals surface area contributed by atoms with E-state index < -0.39 is 0 Å². The predicted octanol–water partition coefficient (Wildman–Crippen LogP) is 2.50. The number of carbonyl (C=O) groups excluding carboxylic acids is 1. The van der Waals surface area contributed by atoms with Gasteiger partial charge in [0.2, 0.25) is 0 Å². The SMILES string of the molecule is COc1ccc(CN2CCC(=O)C(C)(C)C2)cc1. The number of ketones is 1. The third-order valence-corrected chi connectivity index (χ3v) is 3.59. The first kappa shape index (κ1) is 13.1. The molecule has 0 bridgehead atoms. The summed E-state index contributed by atoms with van der Waals surface area (Å²) in [7, 11) is 1.67. The molecule has 1 fully saturated rings. The summed E-state index contributed by atoms with van der Waals surface area (Å²) in [6.07, 6.45) is 0.670. The van der Waals surface area contributed by atoms with Gasteiger partial charge in [0.15, 0.2) is 0 Å². The summed E-state index contributed by atoms with van der Waals surface area (Å²) in [5, 5.41) is 0. The van der Waals surface area contributed by atoms with Gasteiger partial charge in [-0.1, -0.05) is 26.0 Å². The van der Waals surface area contributed by atoms with Crippen molar-refractivity contribution in [3.8, 4) is 5.75 Å². The van der Waals surface area contributed by atoms with E-state index >= 15 is 0 Å². The molecule has 0 N–H and O–H groups in total. The van der Waals surface area contributed by atoms with Crippen molar-refractivity contribution < 1.29 is 9.53 Å². The molecule has 98 valence electrons. The Morgan fingerprint density at radius 2 is 1.94 bits per heavy atom. The zero-order valence-electron chi connectivity index (χ0n) is 11.4. The number of ether oxygens (including phenoxy) is 1. The van der Waals surface area contributed by atoms with Crippen molar-refractivity contribution in [2.75, 3.05) is 20.2 Å². The Bertz CT molecular complexity index is 423. The van der Waals surface area contributed by atoms with Crippen LogP contribution in [0, 0.1) is 5.41 Å². The summed E-state index contributed by atoms with van der Waals surface area (Å²) >= 11 is 0. The van der Waals surface area contributed by atoms with Crippen LogP contribution in [0.15, 0.2) is 24.3 Å². The number of hydrogen-bond donors (Lipinski definition) is 0. The summed E-state index contributed by atoms with van der Waals surface area (Å²) in [4.78, 5) is 14.1. The van der Waals surface area contributed by atoms with E-state index in [0.29, 0.717) is 12.2 Å². The molecule has 1 aliphatic rings. The number of methoxy groups -OCH3 is 1. The number of rotatable bonds is 3. The molecule has 18 heavy (non-hydrogen) atoms. The van der Waals surface area contributed by atoms with Gasteiger partial charge in [-0.05, 0) is 17.7 Å². The van der Waals surface area contributed by atoms with Gasteiger partial charge in [0.1, 0.15) is 11.5 Å². The van der Waals surface area contributed by atoms with Gasteiger partial charge in [-0.25, -0.2) is 0 Å². The van der Waals surface area contributed by atoms with Gasteiger partial charge in [-0.2, -0.15) is 0 Å². The van der Waals surface area contributed by atoms with Gasteiger partial charge in [0, 0.05) is 31.5 Å². The Balaban J connectivity index is 1.99. The molecule has 0 aliphatic carbocycles. The highest BCUT2D eigenvalue weighted by Crippen LogP contribution is 2.26. The minimum absolute atomic E-state index is 0.204. The second-order valence-electron chi connectivity index (χ2n) is 5.62. The van der Waals surface area contributed by atoms with Gasteiger partial charge in [0.25, 0.3) is 0 Å². The number of Topliss-reactive ketones (excluding diaryl/α,β-unsaturated/α-hetero) is 1. The minimum Gasteiger partial charge on any atom is -0.497 e. The van der Waals surface area contributed by atoms with Gasteiger partial charge in [-0.15, -0.1) is 0 Å². The van der Waals surface area contributed by atoms with Crippen molar-refractivity contribution in [1.82, 2.24) is 4.90 Å². The summed E-state index contributed by atoms with van der Waals surface area (Å²) in [5.74, 6) is 1.27. The Labute approximate surface area is 109 Å². The van der Waals surface area contributed by atoms with E-state index in [2.05, 4.69) is 17.0 Å². The van der Waals surface area contributed by atoms with Crippen LogP contribution in [0.4, 0.5) is 0 Å². The highest BCUT2D eigenvalue weighted by molar-refractivity contribution is 5.85. The van der Waals surface area contributed by atoms with Crippen molar-refractivity contribution >= 4 is 5.78 Å². The molecular weight excluding hydrogens is 226 g/mol. The molecule has 2 rings (SSSR count). The molecule has 1 heterocycles. The number of nitrogens with zero attached hydrogens (tertiary/aromatic N) is 1. The van der Waals surface area contributed by atoms with E-state index in [1.807, 2.05) is 26.0 Å². The lowest BCUT2D eigenvalue weighted by Crippen LogP contribution is -2.45. The zero-order chi connectivity index (χ0) is 13.2. The summed E-state index contributed by atoms with van der Waals surface area (Å²) < 4.78 is 5.15. The Kier molecular flexibility index (Phi) is 3.71. The number of hydrogen-bond acceptors (Lipinski definition) is 3. The van der Waals surface area contributed by atoms with Gasteiger partial charge < -0.3 is 4.74 Å². The molecule has 3 nitrogen and oxygen atoms in total. The van der Waals surface area contributed by atoms with Crippen LogP contribution in [-0.4, -0.2) is 30.9 Å². The molecule has 0 aromatic heterocycles.